The minimum atomic E-state index is 0.212. The molecule has 0 saturated carbocycles. The molecule has 4 heteroatoms. The highest BCUT2D eigenvalue weighted by molar-refractivity contribution is 5.45. The van der Waals surface area contributed by atoms with Crippen LogP contribution in [0.15, 0.2) is 42.5 Å². The van der Waals surface area contributed by atoms with Crippen LogP contribution in [-0.4, -0.2) is 13.9 Å². The third-order valence-corrected chi connectivity index (χ3v) is 3.69. The largest absolute Gasteiger partial charge is 0.496 e. The molecule has 1 unspecified atom stereocenters. The van der Waals surface area contributed by atoms with E-state index in [2.05, 4.69) is 24.4 Å². The Morgan fingerprint density at radius 2 is 1.95 bits per heavy atom. The van der Waals surface area contributed by atoms with E-state index in [-0.39, 0.29) is 6.04 Å². The van der Waals surface area contributed by atoms with Crippen LogP contribution in [0.25, 0.3) is 0 Å². The molecule has 0 spiro atoms. The second-order valence-electron chi connectivity index (χ2n) is 5.03. The zero-order valence-corrected chi connectivity index (χ0v) is 12.3. The molecule has 4 nitrogen and oxygen atoms in total. The first-order valence-corrected chi connectivity index (χ1v) is 7.03. The average Bonchev–Trinajstić information content (AvgIpc) is 3.00. The maximum atomic E-state index is 5.42. The van der Waals surface area contributed by atoms with Gasteiger partial charge in [0.2, 0.25) is 6.79 Å². The van der Waals surface area contributed by atoms with Crippen molar-refractivity contribution < 1.29 is 14.2 Å². The van der Waals surface area contributed by atoms with Crippen molar-refractivity contribution in [3.05, 3.63) is 53.6 Å². The zero-order valence-electron chi connectivity index (χ0n) is 12.3. The van der Waals surface area contributed by atoms with E-state index in [1.165, 1.54) is 5.56 Å². The zero-order chi connectivity index (χ0) is 14.7. The van der Waals surface area contributed by atoms with Crippen LogP contribution in [-0.2, 0) is 6.54 Å². The van der Waals surface area contributed by atoms with Crippen molar-refractivity contribution >= 4 is 0 Å². The van der Waals surface area contributed by atoms with E-state index >= 15 is 0 Å². The number of hydrogen-bond donors (Lipinski definition) is 1. The van der Waals surface area contributed by atoms with E-state index in [0.717, 1.165) is 29.4 Å². The number of para-hydroxylation sites is 1. The lowest BCUT2D eigenvalue weighted by Crippen LogP contribution is -2.18. The Morgan fingerprint density at radius 3 is 2.81 bits per heavy atom. The molecule has 0 radical (unpaired) electrons. The maximum absolute atomic E-state index is 5.42. The topological polar surface area (TPSA) is 39.7 Å². The Morgan fingerprint density at radius 1 is 1.14 bits per heavy atom. The van der Waals surface area contributed by atoms with Crippen LogP contribution in [0.4, 0.5) is 0 Å². The van der Waals surface area contributed by atoms with E-state index in [0.29, 0.717) is 6.79 Å². The molecule has 0 saturated heterocycles. The second-order valence-corrected chi connectivity index (χ2v) is 5.03. The van der Waals surface area contributed by atoms with Gasteiger partial charge in [0.15, 0.2) is 11.5 Å². The molecule has 0 amide bonds. The molecule has 110 valence electrons. The summed E-state index contributed by atoms with van der Waals surface area (Å²) >= 11 is 0. The van der Waals surface area contributed by atoms with E-state index in [1.807, 2.05) is 30.3 Å². The van der Waals surface area contributed by atoms with Crippen LogP contribution in [0.2, 0.25) is 0 Å². The Hall–Kier alpha value is -2.20. The molecule has 0 aliphatic carbocycles. The Balaban J connectivity index is 1.67. The first-order chi connectivity index (χ1) is 10.3. The Kier molecular flexibility index (Phi) is 3.97. The van der Waals surface area contributed by atoms with Crippen molar-refractivity contribution in [3.8, 4) is 17.2 Å². The molecule has 0 bridgehead atoms. The molecular weight excluding hydrogens is 266 g/mol. The number of ether oxygens (including phenoxy) is 3. The number of benzene rings is 2. The Labute approximate surface area is 124 Å². The smallest absolute Gasteiger partial charge is 0.231 e. The maximum Gasteiger partial charge on any atom is 0.231 e. The predicted octanol–water partition coefficient (Wildman–Crippen LogP) is 3.27. The van der Waals surface area contributed by atoms with Gasteiger partial charge in [-0.25, -0.2) is 0 Å². The van der Waals surface area contributed by atoms with Crippen molar-refractivity contribution in [2.24, 2.45) is 0 Å². The summed E-state index contributed by atoms with van der Waals surface area (Å²) in [6.45, 7) is 3.19. The van der Waals surface area contributed by atoms with Gasteiger partial charge >= 0.3 is 0 Å². The number of methoxy groups -OCH3 is 1. The molecule has 2 aromatic rings. The minimum Gasteiger partial charge on any atom is -0.496 e. The summed E-state index contributed by atoms with van der Waals surface area (Å²) in [5.74, 6) is 2.54. The highest BCUT2D eigenvalue weighted by atomic mass is 16.7. The standard InChI is InChI=1S/C17H19NO3/c1-12(13-7-8-16-17(9-13)21-11-20-16)18-10-14-5-3-4-6-15(14)19-2/h3-9,12,18H,10-11H2,1-2H3. The van der Waals surface area contributed by atoms with Crippen LogP contribution in [0.1, 0.15) is 24.1 Å². The monoisotopic (exact) mass is 285 g/mol. The molecule has 0 aromatic heterocycles. The molecular formula is C17H19NO3. The summed E-state index contributed by atoms with van der Waals surface area (Å²) < 4.78 is 16.1. The van der Waals surface area contributed by atoms with E-state index in [1.54, 1.807) is 7.11 Å². The number of rotatable bonds is 5. The van der Waals surface area contributed by atoms with E-state index in [4.69, 9.17) is 14.2 Å². The molecule has 21 heavy (non-hydrogen) atoms. The van der Waals surface area contributed by atoms with Gasteiger partial charge in [-0.1, -0.05) is 24.3 Å². The van der Waals surface area contributed by atoms with Gasteiger partial charge in [0.1, 0.15) is 5.75 Å². The van der Waals surface area contributed by atoms with Gasteiger partial charge in [-0.2, -0.15) is 0 Å². The lowest BCUT2D eigenvalue weighted by molar-refractivity contribution is 0.174. The number of hydrogen-bond acceptors (Lipinski definition) is 4. The van der Waals surface area contributed by atoms with Gasteiger partial charge in [0.05, 0.1) is 7.11 Å². The van der Waals surface area contributed by atoms with Crippen LogP contribution in [0, 0.1) is 0 Å². The second kappa shape index (κ2) is 6.06. The predicted molar refractivity (Wildman–Crippen MR) is 80.8 cm³/mol. The summed E-state index contributed by atoms with van der Waals surface area (Å²) in [5, 5.41) is 3.50. The van der Waals surface area contributed by atoms with Gasteiger partial charge in [-0.15, -0.1) is 0 Å². The minimum absolute atomic E-state index is 0.212. The molecule has 1 N–H and O–H groups in total. The highest BCUT2D eigenvalue weighted by Gasteiger charge is 2.15. The Bertz CT molecular complexity index is 627. The summed E-state index contributed by atoms with van der Waals surface area (Å²) in [7, 11) is 1.69. The van der Waals surface area contributed by atoms with Gasteiger partial charge < -0.3 is 19.5 Å². The molecule has 3 rings (SSSR count). The molecule has 1 atom stereocenters. The quantitative estimate of drug-likeness (QED) is 0.915. The average molecular weight is 285 g/mol. The number of nitrogens with one attached hydrogen (secondary N) is 1. The van der Waals surface area contributed by atoms with Gasteiger partial charge in [-0.05, 0) is 30.7 Å². The third kappa shape index (κ3) is 2.95. The molecule has 1 aliphatic heterocycles. The van der Waals surface area contributed by atoms with Crippen LogP contribution < -0.4 is 19.5 Å². The van der Waals surface area contributed by atoms with Crippen LogP contribution >= 0.6 is 0 Å². The third-order valence-electron chi connectivity index (χ3n) is 3.69. The first kappa shape index (κ1) is 13.8. The van der Waals surface area contributed by atoms with Crippen LogP contribution in [0.3, 0.4) is 0 Å². The number of fused-ring (bicyclic) bond motifs is 1. The summed E-state index contributed by atoms with van der Waals surface area (Å²) in [5.41, 5.74) is 2.32. The van der Waals surface area contributed by atoms with Crippen molar-refractivity contribution in [1.82, 2.24) is 5.32 Å². The SMILES string of the molecule is COc1ccccc1CNC(C)c1ccc2c(c1)OCO2. The summed E-state index contributed by atoms with van der Waals surface area (Å²) in [6.07, 6.45) is 0. The normalized spacial score (nSPS) is 14.0. The molecule has 1 heterocycles. The molecule has 0 fully saturated rings. The summed E-state index contributed by atoms with van der Waals surface area (Å²) in [4.78, 5) is 0. The van der Waals surface area contributed by atoms with Crippen molar-refractivity contribution in [2.45, 2.75) is 19.5 Å². The van der Waals surface area contributed by atoms with Crippen molar-refractivity contribution in [3.63, 3.8) is 0 Å². The lowest BCUT2D eigenvalue weighted by Gasteiger charge is -2.16. The lowest BCUT2D eigenvalue weighted by atomic mass is 10.1. The molecule has 2 aromatic carbocycles. The van der Waals surface area contributed by atoms with E-state index < -0.39 is 0 Å². The van der Waals surface area contributed by atoms with Crippen molar-refractivity contribution in [1.29, 1.82) is 0 Å². The molecule has 1 aliphatic rings. The fourth-order valence-electron chi connectivity index (χ4n) is 2.41. The first-order valence-electron chi connectivity index (χ1n) is 7.03. The summed E-state index contributed by atoms with van der Waals surface area (Å²) in [6, 6.07) is 14.3. The van der Waals surface area contributed by atoms with Gasteiger partial charge in [0.25, 0.3) is 0 Å². The van der Waals surface area contributed by atoms with Crippen LogP contribution in [0.5, 0.6) is 17.2 Å². The highest BCUT2D eigenvalue weighted by Crippen LogP contribution is 2.34. The van der Waals surface area contributed by atoms with Crippen molar-refractivity contribution in [2.75, 3.05) is 13.9 Å². The van der Waals surface area contributed by atoms with Gasteiger partial charge in [0, 0.05) is 18.2 Å². The fourth-order valence-corrected chi connectivity index (χ4v) is 2.41. The van der Waals surface area contributed by atoms with E-state index in [9.17, 15) is 0 Å². The van der Waals surface area contributed by atoms with Gasteiger partial charge in [-0.3, -0.25) is 0 Å². The fraction of sp³-hybridized carbons (Fsp3) is 0.294.